The molecule has 0 aromatic rings. The van der Waals surface area contributed by atoms with E-state index in [0.717, 1.165) is 64.6 Å². The Hall–Kier alpha value is -0.610. The summed E-state index contributed by atoms with van der Waals surface area (Å²) in [6.07, 6.45) is 6.59. The van der Waals surface area contributed by atoms with Gasteiger partial charge in [-0.1, -0.05) is 20.3 Å². The Kier molecular flexibility index (Phi) is 5.31. The molecular formula is C17H31NO3. The zero-order valence-corrected chi connectivity index (χ0v) is 13.9. The lowest BCUT2D eigenvalue weighted by Gasteiger charge is -2.47. The summed E-state index contributed by atoms with van der Waals surface area (Å²) in [5, 5.41) is 9.60. The van der Waals surface area contributed by atoms with Gasteiger partial charge in [0.05, 0.1) is 11.0 Å². The van der Waals surface area contributed by atoms with Gasteiger partial charge < -0.3 is 14.7 Å². The van der Waals surface area contributed by atoms with Crippen LogP contribution in [-0.2, 0) is 9.53 Å². The monoisotopic (exact) mass is 297 g/mol. The predicted molar refractivity (Wildman–Crippen MR) is 83.5 cm³/mol. The molecule has 21 heavy (non-hydrogen) atoms. The van der Waals surface area contributed by atoms with Crippen LogP contribution >= 0.6 is 0 Å². The van der Waals surface area contributed by atoms with Crippen molar-refractivity contribution < 1.29 is 14.6 Å². The maximum atomic E-state index is 11.7. The van der Waals surface area contributed by atoms with Crippen molar-refractivity contribution in [2.45, 2.75) is 77.4 Å². The van der Waals surface area contributed by atoms with E-state index in [4.69, 9.17) is 4.74 Å². The van der Waals surface area contributed by atoms with Gasteiger partial charge in [-0.3, -0.25) is 4.79 Å². The molecule has 2 unspecified atom stereocenters. The normalized spacial score (nSPS) is 33.8. The maximum absolute atomic E-state index is 11.7. The first-order valence-corrected chi connectivity index (χ1v) is 8.56. The van der Waals surface area contributed by atoms with E-state index in [-0.39, 0.29) is 5.60 Å². The predicted octanol–water partition coefficient (Wildman–Crippen LogP) is 3.30. The highest BCUT2D eigenvalue weighted by atomic mass is 16.5. The van der Waals surface area contributed by atoms with E-state index in [2.05, 4.69) is 25.7 Å². The highest BCUT2D eigenvalue weighted by molar-refractivity contribution is 5.74. The van der Waals surface area contributed by atoms with Crippen molar-refractivity contribution in [2.75, 3.05) is 19.7 Å². The third kappa shape index (κ3) is 3.59. The largest absolute Gasteiger partial charge is 0.481 e. The average molecular weight is 297 g/mol. The zero-order valence-electron chi connectivity index (χ0n) is 13.9. The van der Waals surface area contributed by atoms with E-state index in [1.165, 1.54) is 0 Å². The Morgan fingerprint density at radius 1 is 1.33 bits per heavy atom. The second-order valence-electron chi connectivity index (χ2n) is 7.17. The molecule has 2 atom stereocenters. The molecule has 2 fully saturated rings. The van der Waals surface area contributed by atoms with Gasteiger partial charge in [-0.15, -0.1) is 0 Å². The van der Waals surface area contributed by atoms with Gasteiger partial charge in [-0.25, -0.2) is 0 Å². The molecule has 2 aliphatic rings. The van der Waals surface area contributed by atoms with Crippen LogP contribution in [0.25, 0.3) is 0 Å². The van der Waals surface area contributed by atoms with Crippen LogP contribution in [0.2, 0.25) is 0 Å². The minimum absolute atomic E-state index is 0.00761. The molecule has 2 heterocycles. The van der Waals surface area contributed by atoms with Gasteiger partial charge in [-0.05, 0) is 58.5 Å². The first-order valence-electron chi connectivity index (χ1n) is 8.56. The summed E-state index contributed by atoms with van der Waals surface area (Å²) in [7, 11) is 0. The Balaban J connectivity index is 1.95. The molecule has 4 nitrogen and oxygen atoms in total. The van der Waals surface area contributed by atoms with Crippen LogP contribution in [0.3, 0.4) is 0 Å². The molecule has 2 saturated heterocycles. The minimum atomic E-state index is -0.589. The quantitative estimate of drug-likeness (QED) is 0.846. The van der Waals surface area contributed by atoms with Crippen molar-refractivity contribution in [2.24, 2.45) is 5.41 Å². The Bertz CT molecular complexity index is 363. The molecule has 0 aromatic heterocycles. The molecule has 2 aliphatic heterocycles. The summed E-state index contributed by atoms with van der Waals surface area (Å²) in [6.45, 7) is 9.18. The molecule has 0 aliphatic carbocycles. The van der Waals surface area contributed by atoms with Crippen molar-refractivity contribution >= 4 is 5.97 Å². The van der Waals surface area contributed by atoms with E-state index >= 15 is 0 Å². The van der Waals surface area contributed by atoms with Gasteiger partial charge in [0, 0.05) is 12.6 Å². The number of carboxylic acids is 1. The van der Waals surface area contributed by atoms with Crippen molar-refractivity contribution in [3.05, 3.63) is 0 Å². The molecule has 4 heteroatoms. The van der Waals surface area contributed by atoms with Crippen molar-refractivity contribution in [1.82, 2.24) is 4.90 Å². The fourth-order valence-electron chi connectivity index (χ4n) is 4.03. The first-order chi connectivity index (χ1) is 9.95. The highest BCUT2D eigenvalue weighted by Crippen LogP contribution is 2.39. The SMILES string of the molecule is CCCC1(C(=O)O)CCN(C2CCOC(C)(CC)C2)CC1. The van der Waals surface area contributed by atoms with Crippen LogP contribution in [0.5, 0.6) is 0 Å². The summed E-state index contributed by atoms with van der Waals surface area (Å²) in [6, 6.07) is 0.567. The molecule has 2 rings (SSSR count). The number of ether oxygens (including phenoxy) is 1. The van der Waals surface area contributed by atoms with Crippen LogP contribution in [0.15, 0.2) is 0 Å². The summed E-state index contributed by atoms with van der Waals surface area (Å²) < 4.78 is 5.93. The lowest BCUT2D eigenvalue weighted by Crippen LogP contribution is -2.52. The first kappa shape index (κ1) is 16.8. The highest BCUT2D eigenvalue weighted by Gasteiger charge is 2.43. The molecule has 0 amide bonds. The number of carbonyl (C=O) groups is 1. The molecule has 0 aromatic carbocycles. The smallest absolute Gasteiger partial charge is 0.309 e. The van der Waals surface area contributed by atoms with Crippen LogP contribution in [0.1, 0.15) is 65.7 Å². The molecule has 1 N–H and O–H groups in total. The van der Waals surface area contributed by atoms with Crippen LogP contribution in [0.4, 0.5) is 0 Å². The molecule has 0 radical (unpaired) electrons. The van der Waals surface area contributed by atoms with E-state index in [9.17, 15) is 9.90 Å². The van der Waals surface area contributed by atoms with Crippen LogP contribution in [0, 0.1) is 5.41 Å². The number of rotatable bonds is 5. The Morgan fingerprint density at radius 2 is 2.00 bits per heavy atom. The molecule has 0 saturated carbocycles. The van der Waals surface area contributed by atoms with Crippen LogP contribution < -0.4 is 0 Å². The zero-order chi connectivity index (χ0) is 15.5. The van der Waals surface area contributed by atoms with Crippen molar-refractivity contribution in [1.29, 1.82) is 0 Å². The van der Waals surface area contributed by atoms with Crippen LogP contribution in [-0.4, -0.2) is 47.3 Å². The standard InChI is InChI=1S/C17H31NO3/c1-4-7-17(15(19)20)8-10-18(11-9-17)14-6-12-21-16(3,5-2)13-14/h14H,4-13H2,1-3H3,(H,19,20). The van der Waals surface area contributed by atoms with Gasteiger partial charge in [0.1, 0.15) is 0 Å². The second-order valence-corrected chi connectivity index (χ2v) is 7.17. The fraction of sp³-hybridized carbons (Fsp3) is 0.941. The van der Waals surface area contributed by atoms with Crippen molar-refractivity contribution in [3.63, 3.8) is 0 Å². The lowest BCUT2D eigenvalue weighted by atomic mass is 9.74. The molecular weight excluding hydrogens is 266 g/mol. The Labute approximate surface area is 128 Å². The van der Waals surface area contributed by atoms with Gasteiger partial charge >= 0.3 is 5.97 Å². The average Bonchev–Trinajstić information content (AvgIpc) is 2.48. The third-order valence-corrected chi connectivity index (χ3v) is 5.77. The lowest BCUT2D eigenvalue weighted by molar-refractivity contribution is -0.154. The number of aliphatic carboxylic acids is 1. The van der Waals surface area contributed by atoms with Gasteiger partial charge in [0.2, 0.25) is 0 Å². The minimum Gasteiger partial charge on any atom is -0.481 e. The number of hydrogen-bond acceptors (Lipinski definition) is 3. The second kappa shape index (κ2) is 6.66. The fourth-order valence-corrected chi connectivity index (χ4v) is 4.03. The van der Waals surface area contributed by atoms with E-state index in [0.29, 0.717) is 6.04 Å². The summed E-state index contributed by atoms with van der Waals surface area (Å²) in [5.74, 6) is -0.589. The van der Waals surface area contributed by atoms with Gasteiger partial charge in [0.15, 0.2) is 0 Å². The molecule has 0 bridgehead atoms. The number of hydrogen-bond donors (Lipinski definition) is 1. The number of carboxylic acid groups (broad SMARTS) is 1. The topological polar surface area (TPSA) is 49.8 Å². The summed E-state index contributed by atoms with van der Waals surface area (Å²) in [5.41, 5.74) is -0.460. The Morgan fingerprint density at radius 3 is 2.52 bits per heavy atom. The number of nitrogens with zero attached hydrogens (tertiary/aromatic N) is 1. The van der Waals surface area contributed by atoms with E-state index < -0.39 is 11.4 Å². The van der Waals surface area contributed by atoms with Crippen molar-refractivity contribution in [3.8, 4) is 0 Å². The third-order valence-electron chi connectivity index (χ3n) is 5.77. The van der Waals surface area contributed by atoms with Gasteiger partial charge in [-0.2, -0.15) is 0 Å². The maximum Gasteiger partial charge on any atom is 0.309 e. The van der Waals surface area contributed by atoms with Gasteiger partial charge in [0.25, 0.3) is 0 Å². The molecule has 0 spiro atoms. The number of piperidine rings is 1. The number of likely N-dealkylation sites (tertiary alicyclic amines) is 1. The molecule has 122 valence electrons. The summed E-state index contributed by atoms with van der Waals surface area (Å²) >= 11 is 0. The van der Waals surface area contributed by atoms with E-state index in [1.54, 1.807) is 0 Å². The summed E-state index contributed by atoms with van der Waals surface area (Å²) in [4.78, 5) is 14.2. The van der Waals surface area contributed by atoms with E-state index in [1.807, 2.05) is 0 Å².